The van der Waals surface area contributed by atoms with Crippen molar-refractivity contribution in [1.29, 1.82) is 0 Å². The standard InChI is InChI=1S/C14H28N4O2S/c1-5-8-15-11-13-12(4)16-17-14(13)21(19,20)18(9-6-2)10-7-3/h15H,5-11H2,1-4H3,(H,16,17). The third-order valence-electron chi connectivity index (χ3n) is 3.29. The number of sulfonamides is 1. The van der Waals surface area contributed by atoms with E-state index in [1.165, 1.54) is 4.31 Å². The van der Waals surface area contributed by atoms with Crippen molar-refractivity contribution in [3.05, 3.63) is 11.3 Å². The molecule has 0 fully saturated rings. The lowest BCUT2D eigenvalue weighted by atomic mass is 10.2. The maximum Gasteiger partial charge on any atom is 0.262 e. The van der Waals surface area contributed by atoms with Crippen LogP contribution in [-0.4, -0.2) is 42.6 Å². The van der Waals surface area contributed by atoms with Gasteiger partial charge in [0.25, 0.3) is 10.0 Å². The molecule has 1 rings (SSSR count). The highest BCUT2D eigenvalue weighted by atomic mass is 32.2. The van der Waals surface area contributed by atoms with Crippen molar-refractivity contribution in [3.8, 4) is 0 Å². The molecule has 1 heterocycles. The van der Waals surface area contributed by atoms with Gasteiger partial charge in [0.05, 0.1) is 0 Å². The van der Waals surface area contributed by atoms with Crippen molar-refractivity contribution >= 4 is 10.0 Å². The second kappa shape index (κ2) is 8.51. The molecule has 0 radical (unpaired) electrons. The highest BCUT2D eigenvalue weighted by molar-refractivity contribution is 7.89. The van der Waals surface area contributed by atoms with Gasteiger partial charge >= 0.3 is 0 Å². The average Bonchev–Trinajstić information content (AvgIpc) is 2.81. The fourth-order valence-electron chi connectivity index (χ4n) is 2.21. The summed E-state index contributed by atoms with van der Waals surface area (Å²) in [6.07, 6.45) is 2.61. The van der Waals surface area contributed by atoms with Gasteiger partial charge < -0.3 is 5.32 Å². The summed E-state index contributed by atoms with van der Waals surface area (Å²) >= 11 is 0. The Morgan fingerprint density at radius 2 is 1.76 bits per heavy atom. The summed E-state index contributed by atoms with van der Waals surface area (Å²) in [7, 11) is -3.52. The fourth-order valence-corrected chi connectivity index (χ4v) is 4.00. The van der Waals surface area contributed by atoms with Crippen molar-refractivity contribution < 1.29 is 8.42 Å². The predicted molar refractivity (Wildman–Crippen MR) is 84.7 cm³/mol. The molecule has 0 atom stereocenters. The van der Waals surface area contributed by atoms with Gasteiger partial charge in [-0.3, -0.25) is 5.10 Å². The van der Waals surface area contributed by atoms with E-state index in [0.29, 0.717) is 19.6 Å². The third-order valence-corrected chi connectivity index (χ3v) is 5.17. The first-order valence-corrected chi connectivity index (χ1v) is 9.17. The first-order chi connectivity index (χ1) is 9.98. The normalized spacial score (nSPS) is 12.2. The third kappa shape index (κ3) is 4.52. The van der Waals surface area contributed by atoms with Crippen LogP contribution < -0.4 is 5.32 Å². The summed E-state index contributed by atoms with van der Waals surface area (Å²) in [4.78, 5) is 0. The summed E-state index contributed by atoms with van der Waals surface area (Å²) in [5.74, 6) is 0. The van der Waals surface area contributed by atoms with Crippen LogP contribution in [0.2, 0.25) is 0 Å². The minimum absolute atomic E-state index is 0.172. The zero-order chi connectivity index (χ0) is 15.9. The van der Waals surface area contributed by atoms with Gasteiger partial charge in [-0.1, -0.05) is 20.8 Å². The van der Waals surface area contributed by atoms with Gasteiger partial charge in [0, 0.05) is 30.9 Å². The SMILES string of the molecule is CCCNCc1c(S(=O)(=O)N(CCC)CCC)n[nH]c1C. The Morgan fingerprint density at radius 1 is 1.14 bits per heavy atom. The first-order valence-electron chi connectivity index (χ1n) is 7.73. The Labute approximate surface area is 128 Å². The molecule has 1 aromatic rings. The van der Waals surface area contributed by atoms with Crippen LogP contribution >= 0.6 is 0 Å². The van der Waals surface area contributed by atoms with E-state index < -0.39 is 10.0 Å². The molecule has 0 saturated heterocycles. The minimum atomic E-state index is -3.52. The molecule has 6 nitrogen and oxygen atoms in total. The van der Waals surface area contributed by atoms with Crippen LogP contribution in [0.4, 0.5) is 0 Å². The number of aromatic amines is 1. The first kappa shape index (κ1) is 18.1. The molecule has 0 aliphatic carbocycles. The summed E-state index contributed by atoms with van der Waals surface area (Å²) < 4.78 is 27.1. The highest BCUT2D eigenvalue weighted by Gasteiger charge is 2.29. The Hall–Kier alpha value is -0.920. The number of nitrogens with zero attached hydrogens (tertiary/aromatic N) is 2. The van der Waals surface area contributed by atoms with Crippen molar-refractivity contribution in [1.82, 2.24) is 19.8 Å². The lowest BCUT2D eigenvalue weighted by molar-refractivity contribution is 0.407. The van der Waals surface area contributed by atoms with E-state index >= 15 is 0 Å². The van der Waals surface area contributed by atoms with Gasteiger partial charge in [0.1, 0.15) is 0 Å². The van der Waals surface area contributed by atoms with Gasteiger partial charge in [-0.15, -0.1) is 0 Å². The zero-order valence-electron chi connectivity index (χ0n) is 13.6. The predicted octanol–water partition coefficient (Wildman–Crippen LogP) is 2.03. The quantitative estimate of drug-likeness (QED) is 0.647. The van der Waals surface area contributed by atoms with E-state index in [-0.39, 0.29) is 5.03 Å². The van der Waals surface area contributed by atoms with Crippen LogP contribution in [-0.2, 0) is 16.6 Å². The van der Waals surface area contributed by atoms with E-state index in [9.17, 15) is 8.42 Å². The second-order valence-corrected chi connectivity index (χ2v) is 7.07. The van der Waals surface area contributed by atoms with Crippen LogP contribution in [0.5, 0.6) is 0 Å². The van der Waals surface area contributed by atoms with Gasteiger partial charge in [-0.2, -0.15) is 9.40 Å². The number of aryl methyl sites for hydroxylation is 1. The summed E-state index contributed by atoms with van der Waals surface area (Å²) in [6, 6.07) is 0. The van der Waals surface area contributed by atoms with Crippen molar-refractivity contribution in [2.45, 2.75) is 58.5 Å². The average molecular weight is 316 g/mol. The summed E-state index contributed by atoms with van der Waals surface area (Å²) in [5, 5.41) is 10.3. The lowest BCUT2D eigenvalue weighted by Gasteiger charge is -2.20. The minimum Gasteiger partial charge on any atom is -0.313 e. The molecule has 0 saturated carbocycles. The molecule has 0 unspecified atom stereocenters. The molecule has 21 heavy (non-hydrogen) atoms. The largest absolute Gasteiger partial charge is 0.313 e. The molecule has 0 aromatic carbocycles. The maximum absolute atomic E-state index is 12.8. The lowest BCUT2D eigenvalue weighted by Crippen LogP contribution is -2.33. The Bertz CT molecular complexity index is 519. The Kier molecular flexibility index (Phi) is 7.34. The molecule has 0 amide bonds. The van der Waals surface area contributed by atoms with E-state index in [2.05, 4.69) is 22.4 Å². The van der Waals surface area contributed by atoms with E-state index in [1.807, 2.05) is 20.8 Å². The fraction of sp³-hybridized carbons (Fsp3) is 0.786. The monoisotopic (exact) mass is 316 g/mol. The summed E-state index contributed by atoms with van der Waals surface area (Å²) in [5.41, 5.74) is 1.56. The van der Waals surface area contributed by atoms with Crippen LogP contribution in [0.3, 0.4) is 0 Å². The topological polar surface area (TPSA) is 78.1 Å². The number of nitrogens with one attached hydrogen (secondary N) is 2. The molecule has 122 valence electrons. The van der Waals surface area contributed by atoms with Crippen LogP contribution in [0, 0.1) is 6.92 Å². The van der Waals surface area contributed by atoms with Crippen LogP contribution in [0.15, 0.2) is 5.03 Å². The molecule has 0 spiro atoms. The second-order valence-electron chi connectivity index (χ2n) is 5.21. The Morgan fingerprint density at radius 3 is 2.29 bits per heavy atom. The number of H-pyrrole nitrogens is 1. The van der Waals surface area contributed by atoms with E-state index in [4.69, 9.17) is 0 Å². The molecule has 7 heteroatoms. The molecule has 2 N–H and O–H groups in total. The van der Waals surface area contributed by atoms with Gasteiger partial charge in [-0.25, -0.2) is 8.42 Å². The van der Waals surface area contributed by atoms with E-state index in [0.717, 1.165) is 37.1 Å². The van der Waals surface area contributed by atoms with E-state index in [1.54, 1.807) is 0 Å². The number of hydrogen-bond acceptors (Lipinski definition) is 4. The highest BCUT2D eigenvalue weighted by Crippen LogP contribution is 2.21. The molecule has 1 aromatic heterocycles. The molecule has 0 aliphatic heterocycles. The summed E-state index contributed by atoms with van der Waals surface area (Å²) in [6.45, 7) is 10.4. The molecule has 0 bridgehead atoms. The van der Waals surface area contributed by atoms with Gasteiger partial charge in [-0.05, 0) is 32.7 Å². The van der Waals surface area contributed by atoms with Crippen molar-refractivity contribution in [2.75, 3.05) is 19.6 Å². The number of rotatable bonds is 10. The molecular formula is C14H28N4O2S. The zero-order valence-corrected chi connectivity index (χ0v) is 14.4. The number of hydrogen-bond donors (Lipinski definition) is 2. The van der Waals surface area contributed by atoms with Crippen LogP contribution in [0.1, 0.15) is 51.3 Å². The smallest absolute Gasteiger partial charge is 0.262 e. The number of aromatic nitrogens is 2. The van der Waals surface area contributed by atoms with Crippen molar-refractivity contribution in [2.24, 2.45) is 0 Å². The van der Waals surface area contributed by atoms with Gasteiger partial charge in [0.2, 0.25) is 0 Å². The molecule has 0 aliphatic rings. The van der Waals surface area contributed by atoms with Crippen LogP contribution in [0.25, 0.3) is 0 Å². The maximum atomic E-state index is 12.8. The molecular weight excluding hydrogens is 288 g/mol. The van der Waals surface area contributed by atoms with Crippen molar-refractivity contribution in [3.63, 3.8) is 0 Å². The Balaban J connectivity index is 3.06. The van der Waals surface area contributed by atoms with Gasteiger partial charge in [0.15, 0.2) is 5.03 Å².